The van der Waals surface area contributed by atoms with Gasteiger partial charge in [-0.2, -0.15) is 0 Å². The van der Waals surface area contributed by atoms with Gasteiger partial charge in [0.05, 0.1) is 11.7 Å². The fourth-order valence-corrected chi connectivity index (χ4v) is 4.82. The Hall–Kier alpha value is -2.98. The minimum Gasteiger partial charge on any atom is -0.300 e. The van der Waals surface area contributed by atoms with E-state index in [2.05, 4.69) is 34.1 Å². The van der Waals surface area contributed by atoms with Gasteiger partial charge in [0.25, 0.3) is 5.56 Å². The molecule has 0 spiro atoms. The van der Waals surface area contributed by atoms with E-state index in [-0.39, 0.29) is 17.4 Å². The molecule has 3 aromatic carbocycles. The number of nitrogens with zero attached hydrogens (tertiary/aromatic N) is 1. The lowest BCUT2D eigenvalue weighted by Crippen LogP contribution is -2.25. The lowest BCUT2D eigenvalue weighted by molar-refractivity contribution is -0.117. The topological polar surface area (TPSA) is 39.1 Å². The summed E-state index contributed by atoms with van der Waals surface area (Å²) in [5, 5.41) is 1.58. The van der Waals surface area contributed by atoms with Crippen molar-refractivity contribution in [3.05, 3.63) is 93.2 Å². The lowest BCUT2D eigenvalue weighted by Gasteiger charge is -2.19. The average Bonchev–Trinajstić information content (AvgIpc) is 3.03. The van der Waals surface area contributed by atoms with E-state index < -0.39 is 0 Å². The highest BCUT2D eigenvalue weighted by Gasteiger charge is 2.33. The van der Waals surface area contributed by atoms with Crippen LogP contribution >= 0.6 is 15.9 Å². The molecule has 1 aliphatic heterocycles. The predicted molar refractivity (Wildman–Crippen MR) is 120 cm³/mol. The summed E-state index contributed by atoms with van der Waals surface area (Å²) in [6.07, 6.45) is 0.306. The summed E-state index contributed by atoms with van der Waals surface area (Å²) >= 11 is 3.57. The molecule has 0 bridgehead atoms. The fourth-order valence-electron chi connectivity index (χ4n) is 4.46. The zero-order valence-electron chi connectivity index (χ0n) is 15.9. The Bertz CT molecular complexity index is 1340. The molecule has 2 heterocycles. The zero-order chi connectivity index (χ0) is 20.1. The number of hydrogen-bond donors (Lipinski definition) is 0. The van der Waals surface area contributed by atoms with Crippen LogP contribution in [0.3, 0.4) is 0 Å². The lowest BCUT2D eigenvalue weighted by atomic mass is 9.93. The van der Waals surface area contributed by atoms with Gasteiger partial charge in [0, 0.05) is 27.4 Å². The van der Waals surface area contributed by atoms with Crippen LogP contribution in [-0.2, 0) is 4.79 Å². The van der Waals surface area contributed by atoms with Crippen molar-refractivity contribution >= 4 is 32.5 Å². The highest BCUT2D eigenvalue weighted by Crippen LogP contribution is 2.47. The van der Waals surface area contributed by atoms with Crippen molar-refractivity contribution in [3.63, 3.8) is 0 Å². The number of carbonyl (C=O) groups excluding carboxylic acids is 1. The van der Waals surface area contributed by atoms with Gasteiger partial charge in [-0.1, -0.05) is 70.5 Å². The van der Waals surface area contributed by atoms with Gasteiger partial charge < -0.3 is 0 Å². The third kappa shape index (κ3) is 2.78. The van der Waals surface area contributed by atoms with E-state index in [0.29, 0.717) is 11.8 Å². The normalized spacial score (nSPS) is 14.6. The second kappa shape index (κ2) is 6.82. The maximum Gasteiger partial charge on any atom is 0.259 e. The Morgan fingerprint density at radius 3 is 2.45 bits per heavy atom. The first kappa shape index (κ1) is 18.1. The molecule has 0 saturated heterocycles. The summed E-state index contributed by atoms with van der Waals surface area (Å²) in [5.74, 6) is 0.0710. The van der Waals surface area contributed by atoms with Gasteiger partial charge in [-0.05, 0) is 41.6 Å². The first-order valence-electron chi connectivity index (χ1n) is 9.58. The van der Waals surface area contributed by atoms with E-state index in [1.54, 1.807) is 6.92 Å². The quantitative estimate of drug-likeness (QED) is 0.390. The first-order chi connectivity index (χ1) is 14.1. The van der Waals surface area contributed by atoms with Gasteiger partial charge in [0.2, 0.25) is 0 Å². The van der Waals surface area contributed by atoms with Gasteiger partial charge in [-0.3, -0.25) is 14.2 Å². The Kier molecular flexibility index (Phi) is 4.25. The van der Waals surface area contributed by atoms with Crippen LogP contribution in [0.15, 0.2) is 82.1 Å². The molecule has 29 heavy (non-hydrogen) atoms. The number of rotatable bonds is 3. The third-order valence-electron chi connectivity index (χ3n) is 5.61. The Morgan fingerprint density at radius 2 is 1.69 bits per heavy atom. The van der Waals surface area contributed by atoms with Gasteiger partial charge in [0.1, 0.15) is 5.78 Å². The molecule has 0 saturated carbocycles. The van der Waals surface area contributed by atoms with E-state index in [9.17, 15) is 9.59 Å². The number of carbonyl (C=O) groups is 1. The second-order valence-electron chi connectivity index (χ2n) is 7.46. The SMILES string of the molecule is CC(=O)CC1c2ccccc2-c2c(-c3ccccc3)c3cc(Br)ccc3c(=O)n21. The number of Topliss-reactive ketones (excluding diaryl/α,β-unsaturated/α-hetero) is 1. The van der Waals surface area contributed by atoms with Gasteiger partial charge in [-0.15, -0.1) is 0 Å². The van der Waals surface area contributed by atoms with E-state index in [1.807, 2.05) is 59.2 Å². The number of fused-ring (bicyclic) bond motifs is 4. The standard InChI is InChI=1S/C25H18BrNO2/c1-15(28)13-22-18-9-5-6-10-19(18)24-23(16-7-3-2-4-8-16)21-14-17(26)11-12-20(21)25(29)27(22)24/h2-12,14,22H,13H2,1H3. The fraction of sp³-hybridized carbons (Fsp3) is 0.120. The molecule has 1 aliphatic rings. The van der Waals surface area contributed by atoms with Crippen molar-refractivity contribution in [2.75, 3.05) is 0 Å². The summed E-state index contributed by atoms with van der Waals surface area (Å²) in [6, 6.07) is 23.7. The molecule has 3 nitrogen and oxygen atoms in total. The molecule has 142 valence electrons. The van der Waals surface area contributed by atoms with Crippen LogP contribution < -0.4 is 5.56 Å². The molecule has 4 aromatic rings. The Balaban J connectivity index is 2.00. The number of ketones is 1. The van der Waals surface area contributed by atoms with E-state index in [0.717, 1.165) is 37.8 Å². The summed E-state index contributed by atoms with van der Waals surface area (Å²) in [7, 11) is 0. The molecular formula is C25H18BrNO2. The highest BCUT2D eigenvalue weighted by molar-refractivity contribution is 9.10. The number of halogens is 1. The number of benzene rings is 3. The molecule has 0 radical (unpaired) electrons. The maximum atomic E-state index is 13.6. The molecule has 1 aromatic heterocycles. The molecule has 0 aliphatic carbocycles. The average molecular weight is 444 g/mol. The van der Waals surface area contributed by atoms with Crippen molar-refractivity contribution < 1.29 is 4.79 Å². The smallest absolute Gasteiger partial charge is 0.259 e. The summed E-state index contributed by atoms with van der Waals surface area (Å²) in [5.41, 5.74) is 4.99. The molecule has 0 amide bonds. The van der Waals surface area contributed by atoms with E-state index >= 15 is 0 Å². The zero-order valence-corrected chi connectivity index (χ0v) is 17.4. The van der Waals surface area contributed by atoms with Crippen LogP contribution in [0.1, 0.15) is 24.9 Å². The van der Waals surface area contributed by atoms with Crippen LogP contribution in [0, 0.1) is 0 Å². The van der Waals surface area contributed by atoms with Crippen LogP contribution in [0.5, 0.6) is 0 Å². The maximum absolute atomic E-state index is 13.6. The summed E-state index contributed by atoms with van der Waals surface area (Å²) < 4.78 is 2.77. The van der Waals surface area contributed by atoms with Crippen molar-refractivity contribution in [3.8, 4) is 22.4 Å². The predicted octanol–water partition coefficient (Wildman–Crippen LogP) is 5.98. The number of pyridine rings is 1. The minimum atomic E-state index is -0.276. The molecule has 1 unspecified atom stereocenters. The minimum absolute atomic E-state index is 0.0513. The van der Waals surface area contributed by atoms with Gasteiger partial charge in [-0.25, -0.2) is 0 Å². The molecule has 0 fully saturated rings. The van der Waals surface area contributed by atoms with Crippen molar-refractivity contribution in [1.82, 2.24) is 4.57 Å². The molecule has 1 atom stereocenters. The Morgan fingerprint density at radius 1 is 0.966 bits per heavy atom. The third-order valence-corrected chi connectivity index (χ3v) is 6.10. The summed E-state index contributed by atoms with van der Waals surface area (Å²) in [4.78, 5) is 25.7. The van der Waals surface area contributed by atoms with Crippen molar-refractivity contribution in [2.45, 2.75) is 19.4 Å². The monoisotopic (exact) mass is 443 g/mol. The molecule has 4 heteroatoms. The van der Waals surface area contributed by atoms with Crippen molar-refractivity contribution in [1.29, 1.82) is 0 Å². The second-order valence-corrected chi connectivity index (χ2v) is 8.38. The number of aromatic nitrogens is 1. The number of hydrogen-bond acceptors (Lipinski definition) is 2. The molecule has 0 N–H and O–H groups in total. The van der Waals surface area contributed by atoms with Crippen LogP contribution in [0.4, 0.5) is 0 Å². The van der Waals surface area contributed by atoms with Crippen LogP contribution in [-0.4, -0.2) is 10.4 Å². The van der Waals surface area contributed by atoms with Crippen molar-refractivity contribution in [2.24, 2.45) is 0 Å². The first-order valence-corrected chi connectivity index (χ1v) is 10.4. The van der Waals surface area contributed by atoms with E-state index in [1.165, 1.54) is 0 Å². The summed E-state index contributed by atoms with van der Waals surface area (Å²) in [6.45, 7) is 1.59. The van der Waals surface area contributed by atoms with E-state index in [4.69, 9.17) is 0 Å². The largest absolute Gasteiger partial charge is 0.300 e. The van der Waals surface area contributed by atoms with Gasteiger partial charge >= 0.3 is 0 Å². The Labute approximate surface area is 176 Å². The molecule has 5 rings (SSSR count). The highest BCUT2D eigenvalue weighted by atomic mass is 79.9. The van der Waals surface area contributed by atoms with Crippen LogP contribution in [0.25, 0.3) is 33.2 Å². The molecular weight excluding hydrogens is 426 g/mol. The van der Waals surface area contributed by atoms with Crippen LogP contribution in [0.2, 0.25) is 0 Å². The van der Waals surface area contributed by atoms with Gasteiger partial charge in [0.15, 0.2) is 0 Å².